The van der Waals surface area contributed by atoms with Crippen molar-refractivity contribution in [1.29, 1.82) is 0 Å². The summed E-state index contributed by atoms with van der Waals surface area (Å²) < 4.78 is 6.63. The van der Waals surface area contributed by atoms with E-state index < -0.39 is 17.2 Å². The van der Waals surface area contributed by atoms with Crippen molar-refractivity contribution < 1.29 is 9.53 Å². The van der Waals surface area contributed by atoms with Crippen molar-refractivity contribution >= 4 is 17.4 Å². The van der Waals surface area contributed by atoms with Crippen LogP contribution in [0.15, 0.2) is 58.1 Å². The summed E-state index contributed by atoms with van der Waals surface area (Å²) in [5, 5.41) is 0. The number of carbonyl (C=O) groups is 1. The maximum Gasteiger partial charge on any atom is 0.330 e. The van der Waals surface area contributed by atoms with Crippen molar-refractivity contribution in [1.82, 2.24) is 9.55 Å². The van der Waals surface area contributed by atoms with E-state index in [1.165, 1.54) is 16.6 Å². The molecule has 33 heavy (non-hydrogen) atoms. The third kappa shape index (κ3) is 5.34. The van der Waals surface area contributed by atoms with E-state index in [1.807, 2.05) is 51.1 Å². The second-order valence-electron chi connectivity index (χ2n) is 8.39. The minimum atomic E-state index is -0.696. The highest BCUT2D eigenvalue weighted by atomic mass is 16.5. The summed E-state index contributed by atoms with van der Waals surface area (Å²) in [6.45, 7) is 6.37. The lowest BCUT2D eigenvalue weighted by Crippen LogP contribution is -2.42. The van der Waals surface area contributed by atoms with Crippen LogP contribution < -0.4 is 26.6 Å². The highest BCUT2D eigenvalue weighted by Crippen LogP contribution is 2.24. The number of ether oxygens (including phenoxy) is 1. The van der Waals surface area contributed by atoms with Gasteiger partial charge in [-0.15, -0.1) is 0 Å². The number of hydrogen-bond donors (Lipinski definition) is 2. The van der Waals surface area contributed by atoms with Crippen LogP contribution in [-0.4, -0.2) is 29.1 Å². The first-order valence-corrected chi connectivity index (χ1v) is 10.9. The molecule has 8 heteroatoms. The van der Waals surface area contributed by atoms with Gasteiger partial charge < -0.3 is 15.4 Å². The van der Waals surface area contributed by atoms with Crippen LogP contribution in [0.3, 0.4) is 0 Å². The molecule has 0 bridgehead atoms. The molecule has 3 aromatic rings. The summed E-state index contributed by atoms with van der Waals surface area (Å²) in [4.78, 5) is 42.7. The number of rotatable bonds is 8. The Morgan fingerprint density at radius 3 is 2.48 bits per heavy atom. The lowest BCUT2D eigenvalue weighted by molar-refractivity contribution is 0.0985. The molecule has 1 amide bonds. The summed E-state index contributed by atoms with van der Waals surface area (Å²) in [6.07, 6.45) is 0.644. The zero-order valence-corrected chi connectivity index (χ0v) is 19.4. The first-order chi connectivity index (χ1) is 15.7. The van der Waals surface area contributed by atoms with Crippen LogP contribution in [0.2, 0.25) is 0 Å². The van der Waals surface area contributed by atoms with Crippen molar-refractivity contribution in [2.45, 2.75) is 33.7 Å². The van der Waals surface area contributed by atoms with Crippen molar-refractivity contribution in [3.05, 3.63) is 86.1 Å². The van der Waals surface area contributed by atoms with E-state index >= 15 is 0 Å². The van der Waals surface area contributed by atoms with Gasteiger partial charge in [0.1, 0.15) is 11.6 Å². The summed E-state index contributed by atoms with van der Waals surface area (Å²) in [7, 11) is 1.54. The fourth-order valence-electron chi connectivity index (χ4n) is 3.57. The number of aryl methyl sites for hydroxylation is 1. The van der Waals surface area contributed by atoms with E-state index in [1.54, 1.807) is 18.2 Å². The number of amides is 1. The number of nitrogen functional groups attached to an aromatic ring is 1. The van der Waals surface area contributed by atoms with Gasteiger partial charge in [0.15, 0.2) is 5.69 Å². The molecular formula is C25H30N4O4. The van der Waals surface area contributed by atoms with Crippen molar-refractivity contribution in [3.8, 4) is 5.75 Å². The molecule has 0 saturated heterocycles. The summed E-state index contributed by atoms with van der Waals surface area (Å²) in [5.41, 5.74) is 7.09. The maximum atomic E-state index is 13.6. The predicted octanol–water partition coefficient (Wildman–Crippen LogP) is 3.18. The second kappa shape index (κ2) is 10.2. The van der Waals surface area contributed by atoms with Gasteiger partial charge in [-0.2, -0.15) is 0 Å². The van der Waals surface area contributed by atoms with Gasteiger partial charge >= 0.3 is 5.69 Å². The van der Waals surface area contributed by atoms with Gasteiger partial charge in [0.05, 0.1) is 13.7 Å². The smallest absolute Gasteiger partial charge is 0.330 e. The zero-order valence-electron chi connectivity index (χ0n) is 19.4. The molecule has 0 aliphatic rings. The normalized spacial score (nSPS) is 10.9. The van der Waals surface area contributed by atoms with Gasteiger partial charge in [0.25, 0.3) is 11.5 Å². The van der Waals surface area contributed by atoms with Crippen LogP contribution in [0.25, 0.3) is 0 Å². The molecule has 2 aromatic carbocycles. The quantitative estimate of drug-likeness (QED) is 0.548. The standard InChI is InChI=1S/C25H30N4O4/c1-16(2)12-13-28(24(31)19-11-10-17(3)20(14-19)33-4)21-22(26)29(25(32)27-23(21)30)15-18-8-6-5-7-9-18/h5-11,14,16H,12-13,15,26H2,1-4H3,(H,27,30,32). The highest BCUT2D eigenvalue weighted by molar-refractivity contribution is 6.07. The Morgan fingerprint density at radius 2 is 1.85 bits per heavy atom. The Bertz CT molecular complexity index is 1250. The molecule has 0 radical (unpaired) electrons. The molecule has 0 spiro atoms. The van der Waals surface area contributed by atoms with E-state index in [4.69, 9.17) is 10.5 Å². The van der Waals surface area contributed by atoms with Crippen molar-refractivity contribution in [3.63, 3.8) is 0 Å². The van der Waals surface area contributed by atoms with E-state index in [2.05, 4.69) is 4.98 Å². The van der Waals surface area contributed by atoms with Crippen LogP contribution in [-0.2, 0) is 6.54 Å². The van der Waals surface area contributed by atoms with Crippen molar-refractivity contribution in [2.24, 2.45) is 5.92 Å². The number of anilines is 2. The minimum absolute atomic E-state index is 0.0317. The molecule has 1 aromatic heterocycles. The first-order valence-electron chi connectivity index (χ1n) is 10.9. The van der Waals surface area contributed by atoms with Gasteiger partial charge in [0, 0.05) is 12.1 Å². The fraction of sp³-hybridized carbons (Fsp3) is 0.320. The predicted molar refractivity (Wildman–Crippen MR) is 130 cm³/mol. The number of benzene rings is 2. The average Bonchev–Trinajstić information content (AvgIpc) is 2.79. The van der Waals surface area contributed by atoms with Gasteiger partial charge in [-0.25, -0.2) is 4.79 Å². The number of H-pyrrole nitrogens is 1. The number of nitrogens with zero attached hydrogens (tertiary/aromatic N) is 2. The topological polar surface area (TPSA) is 110 Å². The summed E-state index contributed by atoms with van der Waals surface area (Å²) in [6, 6.07) is 14.4. The Kier molecular flexibility index (Phi) is 7.37. The summed E-state index contributed by atoms with van der Waals surface area (Å²) >= 11 is 0. The number of carbonyl (C=O) groups excluding carboxylic acids is 1. The molecule has 0 aliphatic heterocycles. The molecule has 0 atom stereocenters. The van der Waals surface area contributed by atoms with E-state index in [0.717, 1.165) is 11.1 Å². The number of aromatic nitrogens is 2. The summed E-state index contributed by atoms with van der Waals surface area (Å²) in [5.74, 6) is 0.406. The van der Waals surface area contributed by atoms with Crippen molar-refractivity contribution in [2.75, 3.05) is 24.3 Å². The number of aromatic amines is 1. The Morgan fingerprint density at radius 1 is 1.15 bits per heavy atom. The zero-order chi connectivity index (χ0) is 24.1. The molecule has 174 valence electrons. The first kappa shape index (κ1) is 23.8. The van der Waals surface area contributed by atoms with E-state index in [9.17, 15) is 14.4 Å². The van der Waals surface area contributed by atoms with Crippen LogP contribution in [0, 0.1) is 12.8 Å². The highest BCUT2D eigenvalue weighted by Gasteiger charge is 2.26. The molecule has 0 aliphatic carbocycles. The Labute approximate surface area is 192 Å². The molecule has 0 fully saturated rings. The van der Waals surface area contributed by atoms with Crippen LogP contribution >= 0.6 is 0 Å². The maximum absolute atomic E-state index is 13.6. The van der Waals surface area contributed by atoms with Crippen LogP contribution in [0.4, 0.5) is 11.5 Å². The molecule has 0 unspecified atom stereocenters. The van der Waals surface area contributed by atoms with Crippen LogP contribution in [0.1, 0.15) is 41.8 Å². The largest absolute Gasteiger partial charge is 0.496 e. The number of nitrogens with one attached hydrogen (secondary N) is 1. The SMILES string of the molecule is COc1cc(C(=O)N(CCC(C)C)c2c(N)n(Cc3ccccc3)c(=O)[nH]c2=O)ccc1C. The third-order valence-corrected chi connectivity index (χ3v) is 5.50. The van der Waals surface area contributed by atoms with Gasteiger partial charge in [0.2, 0.25) is 0 Å². The lowest BCUT2D eigenvalue weighted by Gasteiger charge is -2.25. The monoisotopic (exact) mass is 450 g/mol. The molecule has 8 nitrogen and oxygen atoms in total. The second-order valence-corrected chi connectivity index (χ2v) is 8.39. The molecule has 3 N–H and O–H groups in total. The fourth-order valence-corrected chi connectivity index (χ4v) is 3.57. The minimum Gasteiger partial charge on any atom is -0.496 e. The van der Waals surface area contributed by atoms with E-state index in [0.29, 0.717) is 17.7 Å². The Hall–Kier alpha value is -3.81. The Balaban J connectivity index is 2.12. The van der Waals surface area contributed by atoms with Crippen LogP contribution in [0.5, 0.6) is 5.75 Å². The number of nitrogens with two attached hydrogens (primary N) is 1. The number of hydrogen-bond acceptors (Lipinski definition) is 5. The molecular weight excluding hydrogens is 420 g/mol. The lowest BCUT2D eigenvalue weighted by atomic mass is 10.1. The molecule has 3 rings (SSSR count). The number of methoxy groups -OCH3 is 1. The molecule has 1 heterocycles. The van der Waals surface area contributed by atoms with Gasteiger partial charge in [-0.3, -0.25) is 19.1 Å². The van der Waals surface area contributed by atoms with E-state index in [-0.39, 0.29) is 30.5 Å². The van der Waals surface area contributed by atoms with Gasteiger partial charge in [-0.1, -0.05) is 50.2 Å². The molecule has 0 saturated carbocycles. The average molecular weight is 451 g/mol. The van der Waals surface area contributed by atoms with Gasteiger partial charge in [-0.05, 0) is 42.5 Å². The third-order valence-electron chi connectivity index (χ3n) is 5.50.